The lowest BCUT2D eigenvalue weighted by Crippen LogP contribution is -2.26. The molecule has 3 N–H and O–H groups in total. The van der Waals surface area contributed by atoms with Crippen molar-refractivity contribution in [2.24, 2.45) is 10.7 Å². The first kappa shape index (κ1) is 9.90. The van der Waals surface area contributed by atoms with Crippen LogP contribution >= 0.6 is 0 Å². The van der Waals surface area contributed by atoms with Gasteiger partial charge in [-0.3, -0.25) is 0 Å². The largest absolute Gasteiger partial charge is 0.370 e. The van der Waals surface area contributed by atoms with Crippen molar-refractivity contribution >= 4 is 11.6 Å². The number of nitrogens with zero attached hydrogens (tertiary/aromatic N) is 1. The third-order valence-corrected chi connectivity index (χ3v) is 2.90. The van der Waals surface area contributed by atoms with Crippen LogP contribution in [-0.2, 0) is 6.54 Å². The third-order valence-electron chi connectivity index (χ3n) is 2.90. The van der Waals surface area contributed by atoms with Crippen LogP contribution in [0.5, 0.6) is 0 Å². The van der Waals surface area contributed by atoms with Gasteiger partial charge in [0.15, 0.2) is 5.96 Å². The highest BCUT2D eigenvalue weighted by Crippen LogP contribution is 2.27. The summed E-state index contributed by atoms with van der Waals surface area (Å²) in [4.78, 5) is 4.16. The molecule has 3 rings (SSSR count). The van der Waals surface area contributed by atoms with E-state index in [-0.39, 0.29) is 0 Å². The van der Waals surface area contributed by atoms with Crippen LogP contribution in [0.25, 0.3) is 11.1 Å². The van der Waals surface area contributed by atoms with E-state index >= 15 is 0 Å². The fourth-order valence-electron chi connectivity index (χ4n) is 1.99. The molecule has 2 aromatic carbocycles. The Balaban J connectivity index is 2.03. The maximum absolute atomic E-state index is 5.68. The Hall–Kier alpha value is -2.29. The van der Waals surface area contributed by atoms with Gasteiger partial charge < -0.3 is 11.1 Å². The molecule has 0 bridgehead atoms. The molecule has 0 spiro atoms. The molecule has 0 amide bonds. The predicted molar refractivity (Wildman–Crippen MR) is 70.8 cm³/mol. The second-order valence-corrected chi connectivity index (χ2v) is 4.06. The summed E-state index contributed by atoms with van der Waals surface area (Å²) >= 11 is 0. The number of nitrogens with one attached hydrogen (secondary N) is 1. The average molecular weight is 223 g/mol. The maximum Gasteiger partial charge on any atom is 0.193 e. The van der Waals surface area contributed by atoms with Gasteiger partial charge in [0.25, 0.3) is 0 Å². The predicted octanol–water partition coefficient (Wildman–Crippen LogP) is 2.59. The molecule has 3 heteroatoms. The maximum atomic E-state index is 5.68. The molecule has 0 aliphatic carbocycles. The molecule has 0 saturated carbocycles. The summed E-state index contributed by atoms with van der Waals surface area (Å²) in [5.74, 6) is 0.489. The van der Waals surface area contributed by atoms with Gasteiger partial charge in [0, 0.05) is 5.69 Å². The van der Waals surface area contributed by atoms with E-state index in [1.54, 1.807) is 0 Å². The number of aliphatic imine (C=N–C) groups is 1. The topological polar surface area (TPSA) is 50.4 Å². The SMILES string of the molecule is NC1=NCc2ccc(-c3ccccc3)cc2N1. The van der Waals surface area contributed by atoms with Crippen molar-refractivity contribution in [2.45, 2.75) is 6.54 Å². The molecule has 0 saturated heterocycles. The number of guanidine groups is 1. The second-order valence-electron chi connectivity index (χ2n) is 4.06. The first-order valence-corrected chi connectivity index (χ1v) is 5.58. The Morgan fingerprint density at radius 1 is 1.00 bits per heavy atom. The molecule has 2 aromatic rings. The normalized spacial score (nSPS) is 13.5. The Bertz CT molecular complexity index is 573. The number of nitrogens with two attached hydrogens (primary N) is 1. The van der Waals surface area contributed by atoms with Crippen LogP contribution < -0.4 is 11.1 Å². The number of fused-ring (bicyclic) bond motifs is 1. The van der Waals surface area contributed by atoms with Crippen molar-refractivity contribution < 1.29 is 0 Å². The number of hydrogen-bond acceptors (Lipinski definition) is 3. The van der Waals surface area contributed by atoms with Crippen molar-refractivity contribution in [1.29, 1.82) is 0 Å². The number of anilines is 1. The first-order valence-electron chi connectivity index (χ1n) is 5.58. The van der Waals surface area contributed by atoms with E-state index in [1.165, 1.54) is 16.7 Å². The number of hydrogen-bond donors (Lipinski definition) is 2. The summed E-state index contributed by atoms with van der Waals surface area (Å²) in [5.41, 5.74) is 10.3. The van der Waals surface area contributed by atoms with E-state index in [2.05, 4.69) is 40.6 Å². The van der Waals surface area contributed by atoms with Gasteiger partial charge in [-0.25, -0.2) is 4.99 Å². The molecule has 0 atom stereocenters. The molecule has 0 fully saturated rings. The summed E-state index contributed by atoms with van der Waals surface area (Å²) < 4.78 is 0. The van der Waals surface area contributed by atoms with Gasteiger partial charge in [0.2, 0.25) is 0 Å². The van der Waals surface area contributed by atoms with E-state index in [0.717, 1.165) is 5.69 Å². The van der Waals surface area contributed by atoms with Crippen molar-refractivity contribution in [3.8, 4) is 11.1 Å². The highest BCUT2D eigenvalue weighted by molar-refractivity contribution is 5.95. The fourth-order valence-corrected chi connectivity index (χ4v) is 1.99. The summed E-state index contributed by atoms with van der Waals surface area (Å²) in [6.07, 6.45) is 0. The lowest BCUT2D eigenvalue weighted by atomic mass is 10.0. The Morgan fingerprint density at radius 3 is 2.65 bits per heavy atom. The minimum atomic E-state index is 0.489. The van der Waals surface area contributed by atoms with Gasteiger partial charge in [0.05, 0.1) is 6.54 Å². The van der Waals surface area contributed by atoms with E-state index in [1.807, 2.05) is 18.2 Å². The van der Waals surface area contributed by atoms with Crippen LogP contribution in [0.3, 0.4) is 0 Å². The van der Waals surface area contributed by atoms with Gasteiger partial charge in [-0.2, -0.15) is 0 Å². The van der Waals surface area contributed by atoms with Gasteiger partial charge in [-0.05, 0) is 22.8 Å². The van der Waals surface area contributed by atoms with Crippen molar-refractivity contribution in [3.05, 3.63) is 54.1 Å². The summed E-state index contributed by atoms with van der Waals surface area (Å²) in [7, 11) is 0. The van der Waals surface area contributed by atoms with Crippen LogP contribution in [0, 0.1) is 0 Å². The summed E-state index contributed by atoms with van der Waals surface area (Å²) in [5, 5.41) is 3.10. The molecule has 0 unspecified atom stereocenters. The van der Waals surface area contributed by atoms with Gasteiger partial charge in [-0.15, -0.1) is 0 Å². The summed E-state index contributed by atoms with van der Waals surface area (Å²) in [6, 6.07) is 16.6. The quantitative estimate of drug-likeness (QED) is 0.780. The minimum Gasteiger partial charge on any atom is -0.370 e. The molecule has 1 heterocycles. The molecular weight excluding hydrogens is 210 g/mol. The van der Waals surface area contributed by atoms with Gasteiger partial charge in [-0.1, -0.05) is 42.5 Å². The molecule has 1 aliphatic heterocycles. The van der Waals surface area contributed by atoms with Crippen molar-refractivity contribution in [1.82, 2.24) is 0 Å². The lowest BCUT2D eigenvalue weighted by molar-refractivity contribution is 1.04. The fraction of sp³-hybridized carbons (Fsp3) is 0.0714. The van der Waals surface area contributed by atoms with Gasteiger partial charge in [0.1, 0.15) is 0 Å². The van der Waals surface area contributed by atoms with Gasteiger partial charge >= 0.3 is 0 Å². The smallest absolute Gasteiger partial charge is 0.193 e. The molecule has 0 radical (unpaired) electrons. The molecule has 0 aromatic heterocycles. The zero-order valence-electron chi connectivity index (χ0n) is 9.35. The highest BCUT2D eigenvalue weighted by Gasteiger charge is 2.10. The zero-order valence-corrected chi connectivity index (χ0v) is 9.35. The van der Waals surface area contributed by atoms with Crippen LogP contribution in [0.15, 0.2) is 53.5 Å². The highest BCUT2D eigenvalue weighted by atomic mass is 15.1. The summed E-state index contributed by atoms with van der Waals surface area (Å²) in [6.45, 7) is 0.656. The zero-order chi connectivity index (χ0) is 11.7. The van der Waals surface area contributed by atoms with Crippen LogP contribution in [0.2, 0.25) is 0 Å². The van der Waals surface area contributed by atoms with Crippen LogP contribution in [0.4, 0.5) is 5.69 Å². The standard InChI is InChI=1S/C14H13N3/c15-14-16-9-12-7-6-11(8-13(12)17-14)10-4-2-1-3-5-10/h1-8H,9H2,(H3,15,16,17). The molecular formula is C14H13N3. The van der Waals surface area contributed by atoms with Crippen LogP contribution in [-0.4, -0.2) is 5.96 Å². The van der Waals surface area contributed by atoms with E-state index in [0.29, 0.717) is 12.5 Å². The number of benzene rings is 2. The Morgan fingerprint density at radius 2 is 1.82 bits per heavy atom. The Labute approximate surface area is 100.0 Å². The first-order chi connectivity index (χ1) is 8.33. The monoisotopic (exact) mass is 223 g/mol. The molecule has 3 nitrogen and oxygen atoms in total. The van der Waals surface area contributed by atoms with Crippen LogP contribution in [0.1, 0.15) is 5.56 Å². The minimum absolute atomic E-state index is 0.489. The van der Waals surface area contributed by atoms with E-state index in [4.69, 9.17) is 5.73 Å². The average Bonchev–Trinajstić information content (AvgIpc) is 2.39. The molecule has 84 valence electrons. The van der Waals surface area contributed by atoms with E-state index in [9.17, 15) is 0 Å². The molecule has 1 aliphatic rings. The van der Waals surface area contributed by atoms with Crippen molar-refractivity contribution in [3.63, 3.8) is 0 Å². The lowest BCUT2D eigenvalue weighted by Gasteiger charge is -2.16. The Kier molecular flexibility index (Phi) is 2.29. The van der Waals surface area contributed by atoms with Crippen molar-refractivity contribution in [2.75, 3.05) is 5.32 Å². The number of rotatable bonds is 1. The van der Waals surface area contributed by atoms with E-state index < -0.39 is 0 Å². The third kappa shape index (κ3) is 1.87. The molecule has 17 heavy (non-hydrogen) atoms. The second kappa shape index (κ2) is 3.94.